The first kappa shape index (κ1) is 14.5. The van der Waals surface area contributed by atoms with Gasteiger partial charge in [0.15, 0.2) is 0 Å². The normalized spacial score (nSPS) is 12.1. The molecule has 0 saturated heterocycles. The summed E-state index contributed by atoms with van der Waals surface area (Å²) >= 11 is 0. The van der Waals surface area contributed by atoms with E-state index >= 15 is 0 Å². The van der Waals surface area contributed by atoms with Gasteiger partial charge < -0.3 is 14.7 Å². The molecule has 0 aliphatic heterocycles. The summed E-state index contributed by atoms with van der Waals surface area (Å²) in [5.74, 6) is 0.805. The SMILES string of the molecule is Cc1cc([C@@H](C)O)ccc1OCCC(=O)N(C)C. The van der Waals surface area contributed by atoms with Crippen molar-refractivity contribution in [1.82, 2.24) is 4.90 Å². The van der Waals surface area contributed by atoms with Gasteiger partial charge in [0.1, 0.15) is 5.75 Å². The molecular formula is C14H21NO3. The fraction of sp³-hybridized carbons (Fsp3) is 0.500. The van der Waals surface area contributed by atoms with Gasteiger partial charge in [0, 0.05) is 14.1 Å². The summed E-state index contributed by atoms with van der Waals surface area (Å²) in [7, 11) is 3.45. The van der Waals surface area contributed by atoms with Crippen LogP contribution in [0.25, 0.3) is 0 Å². The van der Waals surface area contributed by atoms with E-state index in [0.29, 0.717) is 13.0 Å². The van der Waals surface area contributed by atoms with Crippen LogP contribution in [0.3, 0.4) is 0 Å². The maximum absolute atomic E-state index is 11.4. The Bertz CT molecular complexity index is 414. The highest BCUT2D eigenvalue weighted by Gasteiger charge is 2.07. The van der Waals surface area contributed by atoms with Crippen LogP contribution in [0, 0.1) is 6.92 Å². The first-order chi connectivity index (χ1) is 8.41. The van der Waals surface area contributed by atoms with Gasteiger partial charge in [-0.05, 0) is 37.1 Å². The van der Waals surface area contributed by atoms with E-state index in [1.807, 2.05) is 25.1 Å². The fourth-order valence-corrected chi connectivity index (χ4v) is 1.57. The van der Waals surface area contributed by atoms with E-state index in [1.165, 1.54) is 0 Å². The van der Waals surface area contributed by atoms with E-state index < -0.39 is 6.10 Å². The first-order valence-electron chi connectivity index (χ1n) is 6.03. The lowest BCUT2D eigenvalue weighted by Gasteiger charge is -2.13. The molecule has 1 aromatic rings. The summed E-state index contributed by atoms with van der Waals surface area (Å²) in [6.07, 6.45) is -0.113. The van der Waals surface area contributed by atoms with Crippen LogP contribution in [-0.4, -0.2) is 36.6 Å². The number of amides is 1. The monoisotopic (exact) mass is 251 g/mol. The number of aliphatic hydroxyl groups excluding tert-OH is 1. The van der Waals surface area contributed by atoms with Crippen molar-refractivity contribution in [2.75, 3.05) is 20.7 Å². The fourth-order valence-electron chi connectivity index (χ4n) is 1.57. The molecule has 0 radical (unpaired) electrons. The van der Waals surface area contributed by atoms with Crippen molar-refractivity contribution in [3.63, 3.8) is 0 Å². The summed E-state index contributed by atoms with van der Waals surface area (Å²) in [5, 5.41) is 9.46. The Balaban J connectivity index is 2.56. The maximum Gasteiger partial charge on any atom is 0.225 e. The number of hydrogen-bond acceptors (Lipinski definition) is 3. The van der Waals surface area contributed by atoms with E-state index in [-0.39, 0.29) is 5.91 Å². The van der Waals surface area contributed by atoms with Crippen molar-refractivity contribution >= 4 is 5.91 Å². The van der Waals surface area contributed by atoms with Gasteiger partial charge in [-0.1, -0.05) is 6.07 Å². The van der Waals surface area contributed by atoms with E-state index in [0.717, 1.165) is 16.9 Å². The van der Waals surface area contributed by atoms with Crippen molar-refractivity contribution in [3.05, 3.63) is 29.3 Å². The number of carbonyl (C=O) groups excluding carboxylic acids is 1. The standard InChI is InChI=1S/C14H21NO3/c1-10-9-12(11(2)16)5-6-13(10)18-8-7-14(17)15(3)4/h5-6,9,11,16H,7-8H2,1-4H3/t11-/m1/s1. The Labute approximate surface area is 108 Å². The average Bonchev–Trinajstić information content (AvgIpc) is 2.30. The number of carbonyl (C=O) groups is 1. The van der Waals surface area contributed by atoms with Gasteiger partial charge in [-0.25, -0.2) is 0 Å². The zero-order valence-corrected chi connectivity index (χ0v) is 11.4. The highest BCUT2D eigenvalue weighted by atomic mass is 16.5. The average molecular weight is 251 g/mol. The molecule has 0 spiro atoms. The number of aliphatic hydroxyl groups is 1. The smallest absolute Gasteiger partial charge is 0.225 e. The largest absolute Gasteiger partial charge is 0.493 e. The number of hydrogen-bond donors (Lipinski definition) is 1. The lowest BCUT2D eigenvalue weighted by atomic mass is 10.1. The Morgan fingerprint density at radius 1 is 1.44 bits per heavy atom. The molecule has 0 bridgehead atoms. The van der Waals surface area contributed by atoms with Crippen LogP contribution in [-0.2, 0) is 4.79 Å². The minimum atomic E-state index is -0.479. The van der Waals surface area contributed by atoms with Crippen LogP contribution in [0.2, 0.25) is 0 Å². The molecule has 4 heteroatoms. The van der Waals surface area contributed by atoms with Gasteiger partial charge in [-0.3, -0.25) is 4.79 Å². The number of rotatable bonds is 5. The Morgan fingerprint density at radius 3 is 2.61 bits per heavy atom. The Hall–Kier alpha value is -1.55. The topological polar surface area (TPSA) is 49.8 Å². The predicted octanol–water partition coefficient (Wildman–Crippen LogP) is 1.91. The second kappa shape index (κ2) is 6.40. The van der Waals surface area contributed by atoms with Crippen LogP contribution in [0.1, 0.15) is 30.6 Å². The first-order valence-corrected chi connectivity index (χ1v) is 6.03. The van der Waals surface area contributed by atoms with Gasteiger partial charge in [0.2, 0.25) is 5.91 Å². The van der Waals surface area contributed by atoms with Crippen LogP contribution < -0.4 is 4.74 Å². The molecule has 100 valence electrons. The van der Waals surface area contributed by atoms with Gasteiger partial charge in [-0.15, -0.1) is 0 Å². The molecule has 1 rings (SSSR count). The zero-order valence-electron chi connectivity index (χ0n) is 11.4. The third-order valence-electron chi connectivity index (χ3n) is 2.75. The second-order valence-electron chi connectivity index (χ2n) is 4.59. The van der Waals surface area contributed by atoms with Gasteiger partial charge in [0.25, 0.3) is 0 Å². The van der Waals surface area contributed by atoms with Gasteiger partial charge in [0.05, 0.1) is 19.1 Å². The van der Waals surface area contributed by atoms with Gasteiger partial charge in [-0.2, -0.15) is 0 Å². The summed E-state index contributed by atoms with van der Waals surface area (Å²) < 4.78 is 5.56. The number of nitrogens with zero attached hydrogens (tertiary/aromatic N) is 1. The van der Waals surface area contributed by atoms with E-state index in [4.69, 9.17) is 4.74 Å². The quantitative estimate of drug-likeness (QED) is 0.869. The van der Waals surface area contributed by atoms with E-state index in [1.54, 1.807) is 25.9 Å². The van der Waals surface area contributed by atoms with E-state index in [9.17, 15) is 9.90 Å². The molecule has 1 N–H and O–H groups in total. The molecule has 0 saturated carbocycles. The van der Waals surface area contributed by atoms with Crippen LogP contribution in [0.15, 0.2) is 18.2 Å². The molecule has 0 heterocycles. The minimum absolute atomic E-state index is 0.0493. The van der Waals surface area contributed by atoms with Crippen molar-refractivity contribution < 1.29 is 14.6 Å². The second-order valence-corrected chi connectivity index (χ2v) is 4.59. The summed E-state index contributed by atoms with van der Waals surface area (Å²) in [5.41, 5.74) is 1.83. The molecule has 1 amide bonds. The highest BCUT2D eigenvalue weighted by molar-refractivity contribution is 5.75. The molecule has 4 nitrogen and oxygen atoms in total. The van der Waals surface area contributed by atoms with Crippen molar-refractivity contribution in [2.45, 2.75) is 26.4 Å². The minimum Gasteiger partial charge on any atom is -0.493 e. The third-order valence-corrected chi connectivity index (χ3v) is 2.75. The van der Waals surface area contributed by atoms with Crippen molar-refractivity contribution in [3.8, 4) is 5.75 Å². The number of ether oxygens (including phenoxy) is 1. The molecule has 18 heavy (non-hydrogen) atoms. The number of aryl methyl sites for hydroxylation is 1. The van der Waals surface area contributed by atoms with Crippen molar-refractivity contribution in [1.29, 1.82) is 0 Å². The van der Waals surface area contributed by atoms with Crippen LogP contribution in [0.5, 0.6) is 5.75 Å². The van der Waals surface area contributed by atoms with Crippen LogP contribution in [0.4, 0.5) is 0 Å². The summed E-state index contributed by atoms with van der Waals surface area (Å²) in [6, 6.07) is 5.56. The van der Waals surface area contributed by atoms with Crippen LogP contribution >= 0.6 is 0 Å². The molecule has 1 atom stereocenters. The third kappa shape index (κ3) is 4.04. The Morgan fingerprint density at radius 2 is 2.11 bits per heavy atom. The molecule has 0 unspecified atom stereocenters. The molecular weight excluding hydrogens is 230 g/mol. The highest BCUT2D eigenvalue weighted by Crippen LogP contribution is 2.22. The summed E-state index contributed by atoms with van der Waals surface area (Å²) in [6.45, 7) is 4.02. The lowest BCUT2D eigenvalue weighted by Crippen LogP contribution is -2.23. The predicted molar refractivity (Wildman–Crippen MR) is 70.6 cm³/mol. The lowest BCUT2D eigenvalue weighted by molar-refractivity contribution is -0.129. The van der Waals surface area contributed by atoms with E-state index in [2.05, 4.69) is 0 Å². The molecule has 0 aromatic heterocycles. The molecule has 0 fully saturated rings. The molecule has 0 aliphatic carbocycles. The Kier molecular flexibility index (Phi) is 5.16. The molecule has 1 aromatic carbocycles. The zero-order chi connectivity index (χ0) is 13.7. The maximum atomic E-state index is 11.4. The van der Waals surface area contributed by atoms with Crippen molar-refractivity contribution in [2.24, 2.45) is 0 Å². The summed E-state index contributed by atoms with van der Waals surface area (Å²) in [4.78, 5) is 12.9. The van der Waals surface area contributed by atoms with Gasteiger partial charge >= 0.3 is 0 Å². The number of benzene rings is 1. The molecule has 0 aliphatic rings.